The van der Waals surface area contributed by atoms with Crippen molar-refractivity contribution in [1.29, 1.82) is 0 Å². The molecule has 2 aromatic carbocycles. The summed E-state index contributed by atoms with van der Waals surface area (Å²) in [5.74, 6) is 0.777. The van der Waals surface area contributed by atoms with Crippen LogP contribution in [0.5, 0.6) is 0 Å². The Morgan fingerprint density at radius 3 is 2.50 bits per heavy atom. The van der Waals surface area contributed by atoms with Gasteiger partial charge in [-0.25, -0.2) is 4.79 Å². The van der Waals surface area contributed by atoms with Crippen LogP contribution in [-0.2, 0) is 11.3 Å². The number of para-hydroxylation sites is 1. The van der Waals surface area contributed by atoms with Crippen LogP contribution in [0.1, 0.15) is 67.2 Å². The summed E-state index contributed by atoms with van der Waals surface area (Å²) in [6.45, 7) is 5.87. The van der Waals surface area contributed by atoms with E-state index in [1.807, 2.05) is 30.3 Å². The topological polar surface area (TPSA) is 37.7 Å². The third-order valence-electron chi connectivity index (χ3n) is 8.41. The van der Waals surface area contributed by atoms with E-state index in [4.69, 9.17) is 4.74 Å². The fourth-order valence-corrected chi connectivity index (χ4v) is 6.17. The summed E-state index contributed by atoms with van der Waals surface area (Å²) in [6, 6.07) is 15.5. The highest BCUT2D eigenvalue weighted by atomic mass is 16.6. The largest absolute Gasteiger partial charge is 0.441 e. The van der Waals surface area contributed by atoms with Crippen molar-refractivity contribution in [2.24, 2.45) is 0 Å². The number of anilines is 1. The zero-order chi connectivity index (χ0) is 22.9. The number of ether oxygens (including phenoxy) is 1. The summed E-state index contributed by atoms with van der Waals surface area (Å²) >= 11 is 0. The first-order valence-electron chi connectivity index (χ1n) is 13.0. The molecule has 7 rings (SSSR count). The Labute approximate surface area is 201 Å². The monoisotopic (exact) mass is 455 g/mol. The van der Waals surface area contributed by atoms with E-state index >= 15 is 0 Å². The molecule has 2 aliphatic carbocycles. The minimum atomic E-state index is -0.346. The molecule has 1 spiro atoms. The van der Waals surface area contributed by atoms with Crippen molar-refractivity contribution in [1.82, 2.24) is 9.47 Å². The molecular formula is C29H33N3O2. The van der Waals surface area contributed by atoms with E-state index in [2.05, 4.69) is 34.7 Å². The molecule has 4 aliphatic rings. The van der Waals surface area contributed by atoms with Crippen molar-refractivity contribution in [2.75, 3.05) is 24.5 Å². The third kappa shape index (κ3) is 3.52. The zero-order valence-corrected chi connectivity index (χ0v) is 20.0. The first kappa shape index (κ1) is 20.6. The maximum atomic E-state index is 12.7. The minimum absolute atomic E-state index is 0.199. The highest BCUT2D eigenvalue weighted by Crippen LogP contribution is 2.45. The normalized spacial score (nSPS) is 22.6. The van der Waals surface area contributed by atoms with Gasteiger partial charge >= 0.3 is 6.09 Å². The predicted octanol–water partition coefficient (Wildman–Crippen LogP) is 6.15. The lowest BCUT2D eigenvalue weighted by atomic mass is 9.91. The van der Waals surface area contributed by atoms with E-state index in [9.17, 15) is 4.79 Å². The lowest BCUT2D eigenvalue weighted by Gasteiger charge is -2.37. The molecule has 5 nitrogen and oxygen atoms in total. The smallest absolute Gasteiger partial charge is 0.415 e. The van der Waals surface area contributed by atoms with Crippen LogP contribution in [0, 0.1) is 6.92 Å². The molecule has 176 valence electrons. The van der Waals surface area contributed by atoms with Crippen LogP contribution in [-0.4, -0.2) is 40.8 Å². The molecule has 2 saturated carbocycles. The average Bonchev–Trinajstić information content (AvgIpc) is 3.77. The van der Waals surface area contributed by atoms with Gasteiger partial charge < -0.3 is 9.30 Å². The Morgan fingerprint density at radius 2 is 1.79 bits per heavy atom. The third-order valence-corrected chi connectivity index (χ3v) is 8.41. The SMILES string of the molecule is Cc1cc(C2CC2)cc2c(CN3CCC4(CC3)CN(c3ccccc3)C(=O)O4)cn(C3CC3)c12. The van der Waals surface area contributed by atoms with Crippen molar-refractivity contribution < 1.29 is 9.53 Å². The molecule has 2 aliphatic heterocycles. The molecule has 0 N–H and O–H groups in total. The standard InChI is InChI=1S/C29H33N3O2/c1-20-15-22(21-7-8-21)16-26-23(18-31(27(20)26)25-9-10-25)17-30-13-11-29(12-14-30)19-32(28(33)34-29)24-5-3-2-4-6-24/h2-6,15-16,18,21,25H,7-14,17,19H2,1H3. The van der Waals surface area contributed by atoms with Crippen LogP contribution in [0.3, 0.4) is 0 Å². The number of likely N-dealkylation sites (tertiary alicyclic amines) is 1. The van der Waals surface area contributed by atoms with Gasteiger partial charge in [-0.05, 0) is 73.4 Å². The van der Waals surface area contributed by atoms with Crippen molar-refractivity contribution >= 4 is 22.7 Å². The van der Waals surface area contributed by atoms with Gasteiger partial charge in [-0.2, -0.15) is 0 Å². The predicted molar refractivity (Wildman–Crippen MR) is 134 cm³/mol. The minimum Gasteiger partial charge on any atom is -0.441 e. The molecule has 3 aromatic rings. The second-order valence-electron chi connectivity index (χ2n) is 11.0. The fraction of sp³-hybridized carbons (Fsp3) is 0.483. The van der Waals surface area contributed by atoms with Gasteiger partial charge in [0, 0.05) is 55.8 Å². The van der Waals surface area contributed by atoms with E-state index in [0.29, 0.717) is 12.6 Å². The Kier molecular flexibility index (Phi) is 4.60. The van der Waals surface area contributed by atoms with Crippen molar-refractivity contribution in [3.63, 3.8) is 0 Å². The number of aryl methyl sites for hydroxylation is 1. The summed E-state index contributed by atoms with van der Waals surface area (Å²) in [5.41, 5.74) is 6.49. The van der Waals surface area contributed by atoms with Gasteiger partial charge in [0.15, 0.2) is 0 Å². The molecular weight excluding hydrogens is 422 g/mol. The maximum Gasteiger partial charge on any atom is 0.415 e. The second-order valence-corrected chi connectivity index (χ2v) is 11.0. The summed E-state index contributed by atoms with van der Waals surface area (Å²) in [6.07, 6.45) is 9.35. The van der Waals surface area contributed by atoms with Gasteiger partial charge in [-0.15, -0.1) is 0 Å². The number of hydrogen-bond donors (Lipinski definition) is 0. The zero-order valence-electron chi connectivity index (χ0n) is 20.0. The Balaban J connectivity index is 1.10. The Hall–Kier alpha value is -2.79. The molecule has 3 heterocycles. The van der Waals surface area contributed by atoms with Crippen molar-refractivity contribution in [2.45, 2.75) is 69.6 Å². The van der Waals surface area contributed by atoms with Gasteiger partial charge in [-0.3, -0.25) is 9.80 Å². The maximum absolute atomic E-state index is 12.7. The van der Waals surface area contributed by atoms with Crippen LogP contribution in [0.15, 0.2) is 48.7 Å². The quantitative estimate of drug-likeness (QED) is 0.463. The van der Waals surface area contributed by atoms with E-state index < -0.39 is 0 Å². The fourth-order valence-electron chi connectivity index (χ4n) is 6.17. The first-order chi connectivity index (χ1) is 16.6. The lowest BCUT2D eigenvalue weighted by Crippen LogP contribution is -2.46. The van der Waals surface area contributed by atoms with Gasteiger partial charge in [0.05, 0.1) is 12.1 Å². The van der Waals surface area contributed by atoms with Gasteiger partial charge in [0.2, 0.25) is 0 Å². The average molecular weight is 456 g/mol. The number of piperidine rings is 1. The summed E-state index contributed by atoms with van der Waals surface area (Å²) in [4.78, 5) is 17.0. The Bertz CT molecular complexity index is 1250. The van der Waals surface area contributed by atoms with E-state index in [1.165, 1.54) is 53.3 Å². The molecule has 4 fully saturated rings. The molecule has 34 heavy (non-hydrogen) atoms. The van der Waals surface area contributed by atoms with E-state index in [-0.39, 0.29) is 11.7 Å². The number of aromatic nitrogens is 1. The summed E-state index contributed by atoms with van der Waals surface area (Å²) < 4.78 is 8.56. The van der Waals surface area contributed by atoms with Crippen molar-refractivity contribution in [3.05, 3.63) is 65.4 Å². The highest BCUT2D eigenvalue weighted by Gasteiger charge is 2.47. The molecule has 1 aromatic heterocycles. The number of carbonyl (C=O) groups excluding carboxylic acids is 1. The molecule has 1 amide bonds. The van der Waals surface area contributed by atoms with Gasteiger partial charge in [0.25, 0.3) is 0 Å². The molecule has 2 saturated heterocycles. The van der Waals surface area contributed by atoms with E-state index in [0.717, 1.165) is 44.1 Å². The lowest BCUT2D eigenvalue weighted by molar-refractivity contribution is -0.000889. The number of fused-ring (bicyclic) bond motifs is 1. The molecule has 0 bridgehead atoms. The number of benzene rings is 2. The van der Waals surface area contributed by atoms with Crippen molar-refractivity contribution in [3.8, 4) is 0 Å². The van der Waals surface area contributed by atoms with E-state index in [1.54, 1.807) is 4.90 Å². The van der Waals surface area contributed by atoms with Crippen LogP contribution in [0.4, 0.5) is 10.5 Å². The number of rotatable bonds is 5. The first-order valence-corrected chi connectivity index (χ1v) is 13.0. The molecule has 0 radical (unpaired) electrons. The van der Waals surface area contributed by atoms with Gasteiger partial charge in [-0.1, -0.05) is 24.3 Å². The molecule has 5 heteroatoms. The van der Waals surface area contributed by atoms with Crippen LogP contribution in [0.2, 0.25) is 0 Å². The second kappa shape index (κ2) is 7.61. The molecule has 0 atom stereocenters. The van der Waals surface area contributed by atoms with Gasteiger partial charge in [0.1, 0.15) is 5.60 Å². The van der Waals surface area contributed by atoms with Crippen LogP contribution >= 0.6 is 0 Å². The summed E-state index contributed by atoms with van der Waals surface area (Å²) in [5, 5.41) is 1.47. The van der Waals surface area contributed by atoms with Crippen LogP contribution in [0.25, 0.3) is 10.9 Å². The number of hydrogen-bond acceptors (Lipinski definition) is 3. The number of carbonyl (C=O) groups is 1. The van der Waals surface area contributed by atoms with Crippen LogP contribution < -0.4 is 4.90 Å². The molecule has 0 unspecified atom stereocenters. The number of amides is 1. The summed E-state index contributed by atoms with van der Waals surface area (Å²) in [7, 11) is 0. The number of nitrogens with zero attached hydrogens (tertiary/aromatic N) is 3. The Morgan fingerprint density at radius 1 is 1.03 bits per heavy atom. The highest BCUT2D eigenvalue weighted by molar-refractivity contribution is 5.90.